The van der Waals surface area contributed by atoms with E-state index in [1.54, 1.807) is 0 Å². The predicted molar refractivity (Wildman–Crippen MR) is 42.0 cm³/mol. The Labute approximate surface area is 67.0 Å². The molecule has 0 aromatic carbocycles. The number of hydrogen-bond donors (Lipinski definition) is 0. The smallest absolute Gasteiger partial charge is 0.106 e. The second kappa shape index (κ2) is 3.51. The Morgan fingerprint density at radius 2 is 1.64 bits per heavy atom. The summed E-state index contributed by atoms with van der Waals surface area (Å²) in [7, 11) is 0. The molecule has 0 aromatic heterocycles. The monoisotopic (exact) mass is 162 g/mol. The number of rotatable bonds is 1. The van der Waals surface area contributed by atoms with Gasteiger partial charge in [-0.05, 0) is 25.2 Å². The molecule has 2 unspecified atom stereocenters. The van der Waals surface area contributed by atoms with Crippen LogP contribution in [0.4, 0.5) is 8.78 Å². The van der Waals surface area contributed by atoms with E-state index in [1.165, 1.54) is 0 Å². The molecule has 66 valence electrons. The van der Waals surface area contributed by atoms with Gasteiger partial charge < -0.3 is 0 Å². The van der Waals surface area contributed by atoms with Gasteiger partial charge in [-0.1, -0.05) is 13.8 Å². The molecule has 1 rings (SSSR count). The average molecular weight is 162 g/mol. The fraction of sp³-hybridized carbons (Fsp3) is 1.00. The van der Waals surface area contributed by atoms with Crippen LogP contribution in [0.2, 0.25) is 0 Å². The van der Waals surface area contributed by atoms with Crippen molar-refractivity contribution < 1.29 is 8.78 Å². The van der Waals surface area contributed by atoms with E-state index >= 15 is 0 Å². The molecule has 0 heterocycles. The molecule has 1 aliphatic rings. The minimum Gasteiger partial charge on any atom is -0.247 e. The molecule has 1 saturated carbocycles. The summed E-state index contributed by atoms with van der Waals surface area (Å²) in [5.41, 5.74) is 0. The molecule has 0 amide bonds. The van der Waals surface area contributed by atoms with E-state index < -0.39 is 12.3 Å². The Kier molecular flexibility index (Phi) is 2.85. The second-order valence-corrected chi connectivity index (χ2v) is 3.68. The van der Waals surface area contributed by atoms with Gasteiger partial charge in [0.25, 0.3) is 0 Å². The van der Waals surface area contributed by atoms with E-state index in [0.29, 0.717) is 19.3 Å². The molecule has 2 heteroatoms. The van der Waals surface area contributed by atoms with E-state index in [2.05, 4.69) is 0 Å². The zero-order valence-corrected chi connectivity index (χ0v) is 7.19. The van der Waals surface area contributed by atoms with Gasteiger partial charge >= 0.3 is 0 Å². The lowest BCUT2D eigenvalue weighted by atomic mass is 9.79. The summed E-state index contributed by atoms with van der Waals surface area (Å²) >= 11 is 0. The van der Waals surface area contributed by atoms with Gasteiger partial charge in [-0.2, -0.15) is 0 Å². The van der Waals surface area contributed by atoms with Crippen molar-refractivity contribution in [3.05, 3.63) is 0 Å². The molecule has 0 N–H and O–H groups in total. The summed E-state index contributed by atoms with van der Waals surface area (Å²) in [4.78, 5) is 0. The van der Waals surface area contributed by atoms with Gasteiger partial charge in [-0.3, -0.25) is 0 Å². The summed E-state index contributed by atoms with van der Waals surface area (Å²) in [6, 6.07) is 0. The van der Waals surface area contributed by atoms with Gasteiger partial charge in [0.2, 0.25) is 0 Å². The van der Waals surface area contributed by atoms with Crippen molar-refractivity contribution >= 4 is 0 Å². The van der Waals surface area contributed by atoms with Gasteiger partial charge in [-0.25, -0.2) is 8.78 Å². The third-order valence-corrected chi connectivity index (χ3v) is 2.66. The topological polar surface area (TPSA) is 0 Å². The van der Waals surface area contributed by atoms with Crippen LogP contribution in [0, 0.1) is 11.8 Å². The highest BCUT2D eigenvalue weighted by molar-refractivity contribution is 4.84. The van der Waals surface area contributed by atoms with E-state index in [9.17, 15) is 8.78 Å². The molecule has 0 aliphatic heterocycles. The maximum absolute atomic E-state index is 13.1. The van der Waals surface area contributed by atoms with Crippen molar-refractivity contribution in [2.75, 3.05) is 0 Å². The van der Waals surface area contributed by atoms with Crippen molar-refractivity contribution in [1.82, 2.24) is 0 Å². The van der Waals surface area contributed by atoms with E-state index in [-0.39, 0.29) is 11.8 Å². The fourth-order valence-electron chi connectivity index (χ4n) is 1.95. The van der Waals surface area contributed by atoms with Crippen molar-refractivity contribution in [3.63, 3.8) is 0 Å². The Hall–Kier alpha value is -0.140. The Balaban J connectivity index is 2.52. The summed E-state index contributed by atoms with van der Waals surface area (Å²) in [5.74, 6) is -0.103. The lowest BCUT2D eigenvalue weighted by Gasteiger charge is -2.32. The number of hydrogen-bond acceptors (Lipinski definition) is 0. The minimum absolute atomic E-state index is 0.225. The third kappa shape index (κ3) is 1.91. The van der Waals surface area contributed by atoms with E-state index in [1.807, 2.05) is 13.8 Å². The van der Waals surface area contributed by atoms with Gasteiger partial charge in [0, 0.05) is 5.92 Å². The summed E-state index contributed by atoms with van der Waals surface area (Å²) in [6.07, 6.45) is -0.0649. The van der Waals surface area contributed by atoms with Crippen LogP contribution in [0.1, 0.15) is 33.1 Å². The maximum atomic E-state index is 13.1. The average Bonchev–Trinajstić information content (AvgIpc) is 1.85. The molecule has 1 fully saturated rings. The normalized spacial score (nSPS) is 45.8. The Bertz CT molecular complexity index is 113. The first kappa shape index (κ1) is 8.95. The highest BCUT2D eigenvalue weighted by Gasteiger charge is 2.35. The largest absolute Gasteiger partial charge is 0.247 e. The lowest BCUT2D eigenvalue weighted by Crippen LogP contribution is -2.34. The zero-order chi connectivity index (χ0) is 8.43. The van der Waals surface area contributed by atoms with Crippen molar-refractivity contribution in [2.45, 2.75) is 45.5 Å². The molecule has 2 atom stereocenters. The summed E-state index contributed by atoms with van der Waals surface area (Å²) < 4.78 is 26.2. The standard InChI is InChI=1S/C9H16F2/c1-3-7-8(10)4-6(2)5-9(7)11/h6-9H,3-5H2,1-2H3. The van der Waals surface area contributed by atoms with Crippen LogP contribution in [-0.4, -0.2) is 12.3 Å². The van der Waals surface area contributed by atoms with Crippen LogP contribution < -0.4 is 0 Å². The molecule has 11 heavy (non-hydrogen) atoms. The van der Waals surface area contributed by atoms with Crippen LogP contribution in [0.5, 0.6) is 0 Å². The van der Waals surface area contributed by atoms with Crippen molar-refractivity contribution in [3.8, 4) is 0 Å². The first-order chi connectivity index (χ1) is 5.15. The number of halogens is 2. The van der Waals surface area contributed by atoms with Crippen LogP contribution >= 0.6 is 0 Å². The van der Waals surface area contributed by atoms with Crippen molar-refractivity contribution in [2.24, 2.45) is 11.8 Å². The van der Waals surface area contributed by atoms with Crippen LogP contribution in [0.3, 0.4) is 0 Å². The van der Waals surface area contributed by atoms with Gasteiger partial charge in [0.15, 0.2) is 0 Å². The first-order valence-electron chi connectivity index (χ1n) is 4.43. The summed E-state index contributed by atoms with van der Waals surface area (Å²) in [6.45, 7) is 3.78. The molecule has 1 aliphatic carbocycles. The van der Waals surface area contributed by atoms with Crippen LogP contribution in [0.25, 0.3) is 0 Å². The molecule has 0 saturated heterocycles. The van der Waals surface area contributed by atoms with Gasteiger partial charge in [-0.15, -0.1) is 0 Å². The summed E-state index contributed by atoms with van der Waals surface area (Å²) in [5, 5.41) is 0. The highest BCUT2D eigenvalue weighted by atomic mass is 19.1. The maximum Gasteiger partial charge on any atom is 0.106 e. The second-order valence-electron chi connectivity index (χ2n) is 3.68. The lowest BCUT2D eigenvalue weighted by molar-refractivity contribution is 0.0473. The van der Waals surface area contributed by atoms with E-state index in [4.69, 9.17) is 0 Å². The number of alkyl halides is 2. The predicted octanol–water partition coefficient (Wildman–Crippen LogP) is 3.12. The van der Waals surface area contributed by atoms with Gasteiger partial charge in [0.1, 0.15) is 12.3 Å². The molecular formula is C9H16F2. The molecule has 0 spiro atoms. The molecule has 0 aromatic rings. The molecule has 0 bridgehead atoms. The SMILES string of the molecule is CCC1C(F)CC(C)CC1F. The van der Waals surface area contributed by atoms with E-state index in [0.717, 1.165) is 0 Å². The van der Waals surface area contributed by atoms with Crippen molar-refractivity contribution in [1.29, 1.82) is 0 Å². The van der Waals surface area contributed by atoms with Crippen LogP contribution in [0.15, 0.2) is 0 Å². The van der Waals surface area contributed by atoms with Gasteiger partial charge in [0.05, 0.1) is 0 Å². The quantitative estimate of drug-likeness (QED) is 0.555. The Morgan fingerprint density at radius 1 is 1.18 bits per heavy atom. The van der Waals surface area contributed by atoms with Crippen LogP contribution in [-0.2, 0) is 0 Å². The molecule has 0 nitrogen and oxygen atoms in total. The molecule has 0 radical (unpaired) electrons. The fourth-order valence-corrected chi connectivity index (χ4v) is 1.95. The first-order valence-corrected chi connectivity index (χ1v) is 4.43. The highest BCUT2D eigenvalue weighted by Crippen LogP contribution is 2.34. The molecular weight excluding hydrogens is 146 g/mol. The minimum atomic E-state index is -0.904. The Morgan fingerprint density at radius 3 is 2.00 bits per heavy atom. The zero-order valence-electron chi connectivity index (χ0n) is 7.19. The third-order valence-electron chi connectivity index (χ3n) is 2.66.